The van der Waals surface area contributed by atoms with E-state index in [4.69, 9.17) is 9.47 Å². The van der Waals surface area contributed by atoms with Gasteiger partial charge in [-0.15, -0.1) is 0 Å². The van der Waals surface area contributed by atoms with E-state index in [0.717, 1.165) is 24.0 Å². The van der Waals surface area contributed by atoms with Crippen LogP contribution in [0, 0.1) is 5.92 Å². The molecule has 2 aliphatic rings. The highest BCUT2D eigenvalue weighted by molar-refractivity contribution is 6.01. The minimum absolute atomic E-state index is 0.00495. The molecule has 0 saturated carbocycles. The number of methoxy groups -OCH3 is 1. The van der Waals surface area contributed by atoms with Crippen LogP contribution in [0.3, 0.4) is 0 Å². The minimum Gasteiger partial charge on any atom is -0.466 e. The van der Waals surface area contributed by atoms with E-state index in [1.807, 2.05) is 19.9 Å². The lowest BCUT2D eigenvalue weighted by Crippen LogP contribution is -2.25. The summed E-state index contributed by atoms with van der Waals surface area (Å²) in [4.78, 5) is 24.5. The molecule has 0 spiro atoms. The average molecular weight is 328 g/mol. The minimum atomic E-state index is -0.363. The van der Waals surface area contributed by atoms with Gasteiger partial charge in [-0.25, -0.2) is 9.59 Å². The van der Waals surface area contributed by atoms with Gasteiger partial charge in [-0.1, -0.05) is 39.8 Å². The van der Waals surface area contributed by atoms with Crippen molar-refractivity contribution >= 4 is 18.0 Å². The molecule has 1 aliphatic heterocycles. The molecule has 1 aromatic carbocycles. The van der Waals surface area contributed by atoms with E-state index in [1.165, 1.54) is 12.7 Å². The Morgan fingerprint density at radius 2 is 2.08 bits per heavy atom. The first-order valence-electron chi connectivity index (χ1n) is 8.44. The van der Waals surface area contributed by atoms with Crippen LogP contribution in [0.25, 0.3) is 6.08 Å². The molecule has 0 N–H and O–H groups in total. The third-order valence-corrected chi connectivity index (χ3v) is 5.17. The number of carbonyl (C=O) groups excluding carboxylic acids is 2. The lowest BCUT2D eigenvalue weighted by Gasteiger charge is -2.34. The monoisotopic (exact) mass is 328 g/mol. The highest BCUT2D eigenvalue weighted by Crippen LogP contribution is 2.49. The summed E-state index contributed by atoms with van der Waals surface area (Å²) in [5.41, 5.74) is 4.14. The van der Waals surface area contributed by atoms with Crippen molar-refractivity contribution in [2.24, 2.45) is 5.92 Å². The molecule has 0 bridgehead atoms. The quantitative estimate of drug-likeness (QED) is 0.617. The maximum absolute atomic E-state index is 12.5. The van der Waals surface area contributed by atoms with E-state index < -0.39 is 0 Å². The Labute approximate surface area is 142 Å². The van der Waals surface area contributed by atoms with Gasteiger partial charge in [-0.05, 0) is 41.4 Å². The first-order valence-corrected chi connectivity index (χ1v) is 8.44. The Balaban J connectivity index is 2.19. The van der Waals surface area contributed by atoms with Crippen LogP contribution in [-0.4, -0.2) is 19.0 Å². The second-order valence-corrected chi connectivity index (χ2v) is 7.55. The maximum atomic E-state index is 12.5. The number of hydrogen-bond donors (Lipinski definition) is 0. The summed E-state index contributed by atoms with van der Waals surface area (Å²) in [7, 11) is 1.37. The van der Waals surface area contributed by atoms with E-state index >= 15 is 0 Å². The fraction of sp³-hybridized carbons (Fsp3) is 0.500. The number of carbonyl (C=O) groups is 2. The van der Waals surface area contributed by atoms with Crippen molar-refractivity contribution in [3.63, 3.8) is 0 Å². The lowest BCUT2D eigenvalue weighted by molar-refractivity contribution is -0.136. The number of hydrogen-bond acceptors (Lipinski definition) is 4. The van der Waals surface area contributed by atoms with Crippen molar-refractivity contribution in [1.82, 2.24) is 0 Å². The first-order chi connectivity index (χ1) is 11.3. The van der Waals surface area contributed by atoms with Gasteiger partial charge in [0, 0.05) is 11.1 Å². The zero-order valence-electron chi connectivity index (χ0n) is 14.9. The molecule has 0 amide bonds. The van der Waals surface area contributed by atoms with Crippen LogP contribution < -0.4 is 0 Å². The molecule has 0 fully saturated rings. The van der Waals surface area contributed by atoms with Crippen molar-refractivity contribution in [2.45, 2.75) is 52.1 Å². The van der Waals surface area contributed by atoms with Crippen LogP contribution >= 0.6 is 0 Å². The third kappa shape index (κ3) is 2.54. The summed E-state index contributed by atoms with van der Waals surface area (Å²) in [5.74, 6) is -0.641. The van der Waals surface area contributed by atoms with Crippen LogP contribution in [0.1, 0.15) is 73.7 Å². The molecule has 3 rings (SSSR count). The van der Waals surface area contributed by atoms with Gasteiger partial charge >= 0.3 is 11.9 Å². The van der Waals surface area contributed by atoms with Crippen molar-refractivity contribution in [3.8, 4) is 0 Å². The summed E-state index contributed by atoms with van der Waals surface area (Å²) in [6.45, 7) is 8.27. The molecule has 0 saturated heterocycles. The zero-order valence-corrected chi connectivity index (χ0v) is 14.9. The second kappa shape index (κ2) is 5.76. The van der Waals surface area contributed by atoms with Crippen molar-refractivity contribution < 1.29 is 19.1 Å². The highest BCUT2D eigenvalue weighted by atomic mass is 16.5. The van der Waals surface area contributed by atoms with Gasteiger partial charge < -0.3 is 9.47 Å². The van der Waals surface area contributed by atoms with E-state index in [0.29, 0.717) is 11.1 Å². The molecule has 4 heteroatoms. The van der Waals surface area contributed by atoms with Crippen molar-refractivity contribution in [2.75, 3.05) is 7.11 Å². The van der Waals surface area contributed by atoms with E-state index in [1.54, 1.807) is 6.08 Å². The molecule has 0 aromatic heterocycles. The van der Waals surface area contributed by atoms with Gasteiger partial charge in [0.2, 0.25) is 0 Å². The van der Waals surface area contributed by atoms with E-state index in [2.05, 4.69) is 19.9 Å². The van der Waals surface area contributed by atoms with E-state index in [-0.39, 0.29) is 29.4 Å². The molecule has 24 heavy (non-hydrogen) atoms. The Morgan fingerprint density at radius 3 is 2.71 bits per heavy atom. The van der Waals surface area contributed by atoms with Crippen LogP contribution in [0.5, 0.6) is 0 Å². The fourth-order valence-electron chi connectivity index (χ4n) is 3.73. The van der Waals surface area contributed by atoms with Gasteiger partial charge in [0.05, 0.1) is 12.7 Å². The molecule has 1 aliphatic carbocycles. The Bertz CT molecular complexity index is 740. The van der Waals surface area contributed by atoms with Crippen LogP contribution in [-0.2, 0) is 19.7 Å². The molecule has 1 atom stereocenters. The predicted molar refractivity (Wildman–Crippen MR) is 91.7 cm³/mol. The molecule has 4 nitrogen and oxygen atoms in total. The molecule has 128 valence electrons. The van der Waals surface area contributed by atoms with Gasteiger partial charge in [0.25, 0.3) is 0 Å². The predicted octanol–water partition coefficient (Wildman–Crippen LogP) is 4.18. The van der Waals surface area contributed by atoms with Crippen LogP contribution in [0.4, 0.5) is 0 Å². The first kappa shape index (κ1) is 16.7. The summed E-state index contributed by atoms with van der Waals surface area (Å²) >= 11 is 0. The molecule has 0 radical (unpaired) electrons. The zero-order chi connectivity index (χ0) is 17.6. The Kier molecular flexibility index (Phi) is 4.02. The van der Waals surface area contributed by atoms with Crippen molar-refractivity contribution in [3.05, 3.63) is 40.0 Å². The van der Waals surface area contributed by atoms with Gasteiger partial charge in [0.15, 0.2) is 0 Å². The number of ether oxygens (including phenoxy) is 2. The largest absolute Gasteiger partial charge is 0.466 e. The normalized spacial score (nSPS) is 21.5. The van der Waals surface area contributed by atoms with Gasteiger partial charge in [-0.2, -0.15) is 0 Å². The van der Waals surface area contributed by atoms with Gasteiger partial charge in [0.1, 0.15) is 6.10 Å². The Hall–Kier alpha value is -2.10. The third-order valence-electron chi connectivity index (χ3n) is 5.17. The molecule has 1 heterocycles. The highest BCUT2D eigenvalue weighted by Gasteiger charge is 2.42. The SMILES string of the molecule is COC(=O)/C(=C\c1ccc2c3c1C(=O)O[C@H]3CCC2(C)C)C(C)C. The smallest absolute Gasteiger partial charge is 0.339 e. The van der Waals surface area contributed by atoms with Gasteiger partial charge in [-0.3, -0.25) is 0 Å². The number of esters is 2. The summed E-state index contributed by atoms with van der Waals surface area (Å²) < 4.78 is 10.5. The lowest BCUT2D eigenvalue weighted by atomic mass is 9.70. The standard InChI is InChI=1S/C20H24O4/c1-11(2)13(18(21)23-5)10-12-6-7-14-17-15(8-9-20(14,3)4)24-19(22)16(12)17/h6-7,10-11,15H,8-9H2,1-5H3/b13-10-/t15-/m0/s1. The molecule has 0 unspecified atom stereocenters. The summed E-state index contributed by atoms with van der Waals surface area (Å²) in [6.07, 6.45) is 3.47. The number of benzene rings is 1. The molecular weight excluding hydrogens is 304 g/mol. The topological polar surface area (TPSA) is 52.6 Å². The fourth-order valence-corrected chi connectivity index (χ4v) is 3.73. The average Bonchev–Trinajstić information content (AvgIpc) is 2.86. The molecule has 1 aromatic rings. The van der Waals surface area contributed by atoms with E-state index in [9.17, 15) is 9.59 Å². The number of rotatable bonds is 3. The molecular formula is C20H24O4. The van der Waals surface area contributed by atoms with Crippen LogP contribution in [0.15, 0.2) is 17.7 Å². The maximum Gasteiger partial charge on any atom is 0.339 e. The Morgan fingerprint density at radius 1 is 1.38 bits per heavy atom. The second-order valence-electron chi connectivity index (χ2n) is 7.55. The van der Waals surface area contributed by atoms with Crippen LogP contribution in [0.2, 0.25) is 0 Å². The summed E-state index contributed by atoms with van der Waals surface area (Å²) in [5, 5.41) is 0. The van der Waals surface area contributed by atoms with Crippen molar-refractivity contribution in [1.29, 1.82) is 0 Å². The summed E-state index contributed by atoms with van der Waals surface area (Å²) in [6, 6.07) is 4.00.